The van der Waals surface area contributed by atoms with E-state index in [2.05, 4.69) is 23.9 Å². The fraction of sp³-hybridized carbons (Fsp3) is 0.316. The Morgan fingerprint density at radius 1 is 1.17 bits per heavy atom. The molecule has 0 spiro atoms. The average Bonchev–Trinajstić information content (AvgIpc) is 2.70. The van der Waals surface area contributed by atoms with E-state index in [1.165, 1.54) is 19.2 Å². The maximum atomic E-state index is 12.3. The van der Waals surface area contributed by atoms with Crippen LogP contribution in [0.4, 0.5) is 11.4 Å². The first-order valence-electron chi connectivity index (χ1n) is 8.84. The Bertz CT molecular complexity index is 988. The zero-order chi connectivity index (χ0) is 21.6. The van der Waals surface area contributed by atoms with Crippen molar-refractivity contribution >= 4 is 27.4 Å². The zero-order valence-electron chi connectivity index (χ0n) is 16.3. The fourth-order valence-electron chi connectivity index (χ4n) is 2.49. The molecule has 0 saturated carbocycles. The summed E-state index contributed by atoms with van der Waals surface area (Å²) in [5.41, 5.74) is 1.73. The Morgan fingerprint density at radius 2 is 1.83 bits per heavy atom. The molecule has 0 aromatic heterocycles. The van der Waals surface area contributed by atoms with Gasteiger partial charge < -0.3 is 10.1 Å². The Morgan fingerprint density at radius 3 is 2.38 bits per heavy atom. The molecule has 0 saturated heterocycles. The van der Waals surface area contributed by atoms with Gasteiger partial charge in [0.15, 0.2) is 0 Å². The van der Waals surface area contributed by atoms with E-state index in [-0.39, 0.29) is 22.9 Å². The molecular formula is C19H23N3O6S. The number of carbonyl (C=O) groups is 1. The zero-order valence-corrected chi connectivity index (χ0v) is 17.2. The molecule has 0 radical (unpaired) electrons. The summed E-state index contributed by atoms with van der Waals surface area (Å²) in [6.07, 6.45) is 0. The van der Waals surface area contributed by atoms with E-state index in [0.717, 1.165) is 17.2 Å². The van der Waals surface area contributed by atoms with E-state index in [0.29, 0.717) is 5.92 Å². The van der Waals surface area contributed by atoms with Gasteiger partial charge in [0.1, 0.15) is 18.8 Å². The summed E-state index contributed by atoms with van der Waals surface area (Å²) < 4.78 is 31.8. The van der Waals surface area contributed by atoms with E-state index in [9.17, 15) is 23.3 Å². The molecule has 0 aliphatic rings. The highest BCUT2D eigenvalue weighted by molar-refractivity contribution is 7.89. The summed E-state index contributed by atoms with van der Waals surface area (Å²) in [4.78, 5) is 21.9. The number of benzene rings is 2. The molecule has 10 heteroatoms. The number of rotatable bonds is 9. The molecule has 0 amide bonds. The van der Waals surface area contributed by atoms with Crippen molar-refractivity contribution in [2.24, 2.45) is 0 Å². The maximum absolute atomic E-state index is 12.3. The van der Waals surface area contributed by atoms with E-state index in [1.54, 1.807) is 0 Å². The van der Waals surface area contributed by atoms with Gasteiger partial charge in [-0.3, -0.25) is 14.9 Å². The number of sulfonamides is 1. The SMILES string of the molecule is CNc1ccc(S(=O)(=O)NCC(=O)OCc2ccc(C(C)C)cc2)cc1[N+](=O)[O-]. The third-order valence-corrected chi connectivity index (χ3v) is 5.60. The normalized spacial score (nSPS) is 11.3. The monoisotopic (exact) mass is 421 g/mol. The fourth-order valence-corrected chi connectivity index (χ4v) is 3.48. The van der Waals surface area contributed by atoms with Crippen LogP contribution >= 0.6 is 0 Å². The molecule has 0 heterocycles. The summed E-state index contributed by atoms with van der Waals surface area (Å²) in [7, 11) is -2.63. The molecule has 156 valence electrons. The Kier molecular flexibility index (Phi) is 7.29. The van der Waals surface area contributed by atoms with Gasteiger partial charge in [-0.1, -0.05) is 38.1 Å². The predicted molar refractivity (Wildman–Crippen MR) is 108 cm³/mol. The minimum absolute atomic E-state index is 0.0152. The molecule has 0 fully saturated rings. The van der Waals surface area contributed by atoms with Crippen LogP contribution in [-0.2, 0) is 26.2 Å². The van der Waals surface area contributed by atoms with Crippen molar-refractivity contribution in [3.8, 4) is 0 Å². The number of ether oxygens (including phenoxy) is 1. The summed E-state index contributed by atoms with van der Waals surface area (Å²) >= 11 is 0. The van der Waals surface area contributed by atoms with E-state index < -0.39 is 27.5 Å². The van der Waals surface area contributed by atoms with Gasteiger partial charge in [-0.25, -0.2) is 8.42 Å². The van der Waals surface area contributed by atoms with Gasteiger partial charge in [0.2, 0.25) is 10.0 Å². The van der Waals surface area contributed by atoms with Gasteiger partial charge >= 0.3 is 5.97 Å². The lowest BCUT2D eigenvalue weighted by Crippen LogP contribution is -2.30. The molecule has 2 aromatic rings. The van der Waals surface area contributed by atoms with Crippen molar-refractivity contribution in [3.63, 3.8) is 0 Å². The van der Waals surface area contributed by atoms with Crippen LogP contribution in [0.15, 0.2) is 47.4 Å². The summed E-state index contributed by atoms with van der Waals surface area (Å²) in [5.74, 6) is -0.373. The number of hydrogen-bond donors (Lipinski definition) is 2. The first-order chi connectivity index (χ1) is 13.6. The number of nitro groups is 1. The van der Waals surface area contributed by atoms with Crippen LogP contribution in [0.1, 0.15) is 30.9 Å². The quantitative estimate of drug-likeness (QED) is 0.362. The van der Waals surface area contributed by atoms with Crippen molar-refractivity contribution in [2.45, 2.75) is 31.3 Å². The Hall–Kier alpha value is -2.98. The summed E-state index contributed by atoms with van der Waals surface area (Å²) in [6.45, 7) is 3.57. The molecule has 9 nitrogen and oxygen atoms in total. The number of nitro benzene ring substituents is 1. The van der Waals surface area contributed by atoms with E-state index >= 15 is 0 Å². The predicted octanol–water partition coefficient (Wildman–Crippen LogP) is 2.78. The van der Waals surface area contributed by atoms with Crippen LogP contribution in [-0.4, -0.2) is 32.9 Å². The molecule has 29 heavy (non-hydrogen) atoms. The minimum atomic E-state index is -4.12. The van der Waals surface area contributed by atoms with Crippen LogP contribution in [0.25, 0.3) is 0 Å². The number of hydrogen-bond acceptors (Lipinski definition) is 7. The second-order valence-electron chi connectivity index (χ2n) is 6.57. The topological polar surface area (TPSA) is 128 Å². The standard InChI is InChI=1S/C19H23N3O6S/c1-13(2)15-6-4-14(5-7-15)12-28-19(23)11-21-29(26,27)16-8-9-17(20-3)18(10-16)22(24)25/h4-10,13,20-21H,11-12H2,1-3H3. The lowest BCUT2D eigenvalue weighted by atomic mass is 10.0. The number of carbonyl (C=O) groups excluding carboxylic acids is 1. The molecule has 0 atom stereocenters. The number of anilines is 1. The highest BCUT2D eigenvalue weighted by atomic mass is 32.2. The van der Waals surface area contributed by atoms with Crippen molar-refractivity contribution in [2.75, 3.05) is 18.9 Å². The van der Waals surface area contributed by atoms with Crippen molar-refractivity contribution in [3.05, 3.63) is 63.7 Å². The van der Waals surface area contributed by atoms with Gasteiger partial charge in [-0.2, -0.15) is 4.72 Å². The summed E-state index contributed by atoms with van der Waals surface area (Å²) in [6, 6.07) is 11.0. The largest absolute Gasteiger partial charge is 0.460 e. The maximum Gasteiger partial charge on any atom is 0.321 e. The number of esters is 1. The second kappa shape index (κ2) is 9.48. The van der Waals surface area contributed by atoms with Crippen LogP contribution in [0, 0.1) is 10.1 Å². The average molecular weight is 421 g/mol. The lowest BCUT2D eigenvalue weighted by Gasteiger charge is -2.10. The third-order valence-electron chi connectivity index (χ3n) is 4.20. The Balaban J connectivity index is 1.96. The third kappa shape index (κ3) is 6.00. The molecule has 2 rings (SSSR count). The van der Waals surface area contributed by atoms with Gasteiger partial charge in [0.05, 0.1) is 9.82 Å². The molecular weight excluding hydrogens is 398 g/mol. The number of nitrogens with one attached hydrogen (secondary N) is 2. The van der Waals surface area contributed by atoms with Gasteiger partial charge in [0, 0.05) is 13.1 Å². The first-order valence-corrected chi connectivity index (χ1v) is 10.3. The minimum Gasteiger partial charge on any atom is -0.460 e. The van der Waals surface area contributed by atoms with Gasteiger partial charge in [0.25, 0.3) is 5.69 Å². The van der Waals surface area contributed by atoms with Gasteiger partial charge in [-0.15, -0.1) is 0 Å². The van der Waals surface area contributed by atoms with Crippen LogP contribution in [0.5, 0.6) is 0 Å². The molecule has 0 unspecified atom stereocenters. The van der Waals surface area contributed by atoms with E-state index in [1.807, 2.05) is 24.3 Å². The molecule has 2 aromatic carbocycles. The van der Waals surface area contributed by atoms with Gasteiger partial charge in [-0.05, 0) is 29.2 Å². The molecule has 0 bridgehead atoms. The van der Waals surface area contributed by atoms with Crippen molar-refractivity contribution in [1.82, 2.24) is 4.72 Å². The molecule has 2 N–H and O–H groups in total. The smallest absolute Gasteiger partial charge is 0.321 e. The van der Waals surface area contributed by atoms with Crippen molar-refractivity contribution in [1.29, 1.82) is 0 Å². The first kappa shape index (κ1) is 22.3. The van der Waals surface area contributed by atoms with Crippen molar-refractivity contribution < 1.29 is 22.9 Å². The Labute approximate surface area is 169 Å². The lowest BCUT2D eigenvalue weighted by molar-refractivity contribution is -0.384. The summed E-state index contributed by atoms with van der Waals surface area (Å²) in [5, 5.41) is 13.7. The molecule has 0 aliphatic heterocycles. The van der Waals surface area contributed by atoms with Crippen LogP contribution < -0.4 is 10.0 Å². The van der Waals surface area contributed by atoms with Crippen LogP contribution in [0.3, 0.4) is 0 Å². The molecule has 0 aliphatic carbocycles. The highest BCUT2D eigenvalue weighted by Gasteiger charge is 2.21. The number of nitrogens with zero attached hydrogens (tertiary/aromatic N) is 1. The van der Waals surface area contributed by atoms with Crippen LogP contribution in [0.2, 0.25) is 0 Å². The highest BCUT2D eigenvalue weighted by Crippen LogP contribution is 2.27. The second-order valence-corrected chi connectivity index (χ2v) is 8.33. The van der Waals surface area contributed by atoms with E-state index in [4.69, 9.17) is 4.74 Å².